The van der Waals surface area contributed by atoms with Gasteiger partial charge in [-0.2, -0.15) is 0 Å². The normalized spacial score (nSPS) is 11.9. The Morgan fingerprint density at radius 3 is 2.38 bits per heavy atom. The Hall–Kier alpha value is -2.44. The fraction of sp³-hybridized carbons (Fsp3) is 0.333. The van der Waals surface area contributed by atoms with Crippen molar-refractivity contribution in [3.05, 3.63) is 57.6 Å². The fourth-order valence-electron chi connectivity index (χ4n) is 2.79. The standard InChI is InChI=1S/C21H24Cl2N2O4/c1-12(2)9-17(25-20(28)15-5-4-14(22)11-16(15)23)21(29)24-8-7-13-3-6-18(26)19(27)10-13/h3-6,10-12,17,26-27H,7-9H2,1-2H3,(H,24,29)(H,25,28). The minimum absolute atomic E-state index is 0.181. The van der Waals surface area contributed by atoms with Crippen molar-refractivity contribution in [3.8, 4) is 11.5 Å². The van der Waals surface area contributed by atoms with Gasteiger partial charge in [0.15, 0.2) is 11.5 Å². The lowest BCUT2D eigenvalue weighted by Crippen LogP contribution is -2.47. The molecule has 1 atom stereocenters. The second-order valence-corrected chi connectivity index (χ2v) is 7.99. The van der Waals surface area contributed by atoms with E-state index in [9.17, 15) is 19.8 Å². The van der Waals surface area contributed by atoms with Crippen LogP contribution < -0.4 is 10.6 Å². The van der Waals surface area contributed by atoms with Gasteiger partial charge in [0, 0.05) is 11.6 Å². The largest absolute Gasteiger partial charge is 0.504 e. The molecule has 0 spiro atoms. The Morgan fingerprint density at radius 2 is 1.76 bits per heavy atom. The van der Waals surface area contributed by atoms with Crippen LogP contribution in [-0.2, 0) is 11.2 Å². The third-order valence-corrected chi connectivity index (χ3v) is 4.81. The average Bonchev–Trinajstić information content (AvgIpc) is 2.63. The van der Waals surface area contributed by atoms with Gasteiger partial charge in [0.05, 0.1) is 10.6 Å². The van der Waals surface area contributed by atoms with E-state index in [1.807, 2.05) is 13.8 Å². The smallest absolute Gasteiger partial charge is 0.253 e. The summed E-state index contributed by atoms with van der Waals surface area (Å²) in [5.41, 5.74) is 1.01. The van der Waals surface area contributed by atoms with E-state index in [1.165, 1.54) is 24.3 Å². The lowest BCUT2D eigenvalue weighted by molar-refractivity contribution is -0.123. The summed E-state index contributed by atoms with van der Waals surface area (Å²) < 4.78 is 0. The van der Waals surface area contributed by atoms with Gasteiger partial charge in [0.25, 0.3) is 5.91 Å². The lowest BCUT2D eigenvalue weighted by Gasteiger charge is -2.20. The molecule has 0 saturated carbocycles. The van der Waals surface area contributed by atoms with E-state index in [-0.39, 0.29) is 33.9 Å². The average molecular weight is 439 g/mol. The number of carbonyl (C=O) groups excluding carboxylic acids is 2. The minimum Gasteiger partial charge on any atom is -0.504 e. The zero-order valence-electron chi connectivity index (χ0n) is 16.2. The molecule has 0 aliphatic heterocycles. The van der Waals surface area contributed by atoms with Gasteiger partial charge in [-0.3, -0.25) is 9.59 Å². The Bertz CT molecular complexity index is 887. The molecule has 2 rings (SSSR count). The van der Waals surface area contributed by atoms with Crippen LogP contribution in [-0.4, -0.2) is 34.6 Å². The van der Waals surface area contributed by atoms with Gasteiger partial charge < -0.3 is 20.8 Å². The molecular formula is C21H24Cl2N2O4. The molecule has 0 aliphatic rings. The lowest BCUT2D eigenvalue weighted by atomic mass is 10.0. The Morgan fingerprint density at radius 1 is 1.03 bits per heavy atom. The summed E-state index contributed by atoms with van der Waals surface area (Å²) in [6, 6.07) is 8.33. The predicted octanol–water partition coefficient (Wildman–Crippen LogP) is 3.91. The van der Waals surface area contributed by atoms with Crippen LogP contribution in [0.5, 0.6) is 11.5 Å². The molecule has 0 fully saturated rings. The number of halogens is 2. The second-order valence-electron chi connectivity index (χ2n) is 7.14. The molecule has 2 aromatic carbocycles. The maximum absolute atomic E-state index is 12.6. The molecule has 0 aromatic heterocycles. The molecule has 29 heavy (non-hydrogen) atoms. The first-order valence-corrected chi connectivity index (χ1v) is 9.97. The number of rotatable bonds is 8. The van der Waals surface area contributed by atoms with Crippen molar-refractivity contribution in [1.29, 1.82) is 0 Å². The van der Waals surface area contributed by atoms with Crippen molar-refractivity contribution in [2.45, 2.75) is 32.7 Å². The zero-order chi connectivity index (χ0) is 21.6. The molecule has 0 bridgehead atoms. The van der Waals surface area contributed by atoms with Crippen LogP contribution in [0.1, 0.15) is 36.2 Å². The quantitative estimate of drug-likeness (QED) is 0.469. The third kappa shape index (κ3) is 6.84. The summed E-state index contributed by atoms with van der Waals surface area (Å²) in [7, 11) is 0. The molecule has 8 heteroatoms. The first-order valence-electron chi connectivity index (χ1n) is 9.22. The molecule has 2 amide bonds. The van der Waals surface area contributed by atoms with Crippen LogP contribution in [0, 0.1) is 5.92 Å². The molecule has 0 radical (unpaired) electrons. The van der Waals surface area contributed by atoms with Crippen LogP contribution in [0.15, 0.2) is 36.4 Å². The number of amides is 2. The summed E-state index contributed by atoms with van der Waals surface area (Å²) in [4.78, 5) is 25.2. The summed E-state index contributed by atoms with van der Waals surface area (Å²) in [6.07, 6.45) is 0.924. The highest BCUT2D eigenvalue weighted by Crippen LogP contribution is 2.25. The van der Waals surface area contributed by atoms with E-state index < -0.39 is 11.9 Å². The second kappa shape index (κ2) is 10.4. The Balaban J connectivity index is 1.99. The molecule has 4 N–H and O–H groups in total. The van der Waals surface area contributed by atoms with Crippen LogP contribution in [0.4, 0.5) is 0 Å². The molecule has 0 heterocycles. The van der Waals surface area contributed by atoms with Crippen molar-refractivity contribution >= 4 is 35.0 Å². The fourth-order valence-corrected chi connectivity index (χ4v) is 3.28. The number of benzene rings is 2. The highest BCUT2D eigenvalue weighted by Gasteiger charge is 2.23. The summed E-state index contributed by atoms with van der Waals surface area (Å²) >= 11 is 11.9. The molecular weight excluding hydrogens is 415 g/mol. The molecule has 6 nitrogen and oxygen atoms in total. The number of aromatic hydroxyl groups is 2. The van der Waals surface area contributed by atoms with Gasteiger partial charge in [0.2, 0.25) is 5.91 Å². The predicted molar refractivity (Wildman–Crippen MR) is 114 cm³/mol. The van der Waals surface area contributed by atoms with Crippen molar-refractivity contribution in [1.82, 2.24) is 10.6 Å². The van der Waals surface area contributed by atoms with Crippen LogP contribution in [0.3, 0.4) is 0 Å². The zero-order valence-corrected chi connectivity index (χ0v) is 17.7. The van der Waals surface area contributed by atoms with E-state index in [1.54, 1.807) is 12.1 Å². The van der Waals surface area contributed by atoms with Crippen LogP contribution in [0.25, 0.3) is 0 Å². The molecule has 2 aromatic rings. The van der Waals surface area contributed by atoms with E-state index in [0.717, 1.165) is 5.56 Å². The van der Waals surface area contributed by atoms with Gasteiger partial charge >= 0.3 is 0 Å². The van der Waals surface area contributed by atoms with Gasteiger partial charge in [-0.25, -0.2) is 0 Å². The number of hydrogen-bond donors (Lipinski definition) is 4. The van der Waals surface area contributed by atoms with Crippen molar-refractivity contribution in [3.63, 3.8) is 0 Å². The maximum atomic E-state index is 12.6. The van der Waals surface area contributed by atoms with Crippen LogP contribution in [0.2, 0.25) is 10.0 Å². The number of hydrogen-bond acceptors (Lipinski definition) is 4. The number of phenols is 2. The van der Waals surface area contributed by atoms with E-state index in [0.29, 0.717) is 24.4 Å². The monoisotopic (exact) mass is 438 g/mol. The van der Waals surface area contributed by atoms with Gasteiger partial charge in [-0.15, -0.1) is 0 Å². The highest BCUT2D eigenvalue weighted by atomic mass is 35.5. The summed E-state index contributed by atoms with van der Waals surface area (Å²) in [6.45, 7) is 4.23. The number of carbonyl (C=O) groups is 2. The van der Waals surface area contributed by atoms with Crippen molar-refractivity contribution < 1.29 is 19.8 Å². The minimum atomic E-state index is -0.720. The van der Waals surface area contributed by atoms with Crippen molar-refractivity contribution in [2.24, 2.45) is 5.92 Å². The van der Waals surface area contributed by atoms with Gasteiger partial charge in [-0.05, 0) is 54.7 Å². The maximum Gasteiger partial charge on any atom is 0.253 e. The topological polar surface area (TPSA) is 98.7 Å². The molecule has 1 unspecified atom stereocenters. The SMILES string of the molecule is CC(C)CC(NC(=O)c1ccc(Cl)cc1Cl)C(=O)NCCc1ccc(O)c(O)c1. The highest BCUT2D eigenvalue weighted by molar-refractivity contribution is 6.36. The van der Waals surface area contributed by atoms with E-state index in [2.05, 4.69) is 10.6 Å². The third-order valence-electron chi connectivity index (χ3n) is 4.26. The molecule has 0 saturated heterocycles. The summed E-state index contributed by atoms with van der Waals surface area (Å²) in [5, 5.41) is 25.1. The van der Waals surface area contributed by atoms with Gasteiger partial charge in [0.1, 0.15) is 6.04 Å². The molecule has 0 aliphatic carbocycles. The Kier molecular flexibility index (Phi) is 8.17. The first kappa shape index (κ1) is 22.8. The van der Waals surface area contributed by atoms with E-state index in [4.69, 9.17) is 23.2 Å². The summed E-state index contributed by atoms with van der Waals surface area (Å²) in [5.74, 6) is -0.978. The van der Waals surface area contributed by atoms with Gasteiger partial charge in [-0.1, -0.05) is 43.1 Å². The Labute approximate surface area is 179 Å². The van der Waals surface area contributed by atoms with Crippen molar-refractivity contribution in [2.75, 3.05) is 6.54 Å². The van der Waals surface area contributed by atoms with E-state index >= 15 is 0 Å². The number of nitrogens with one attached hydrogen (secondary N) is 2. The van der Waals surface area contributed by atoms with Crippen LogP contribution >= 0.6 is 23.2 Å². The molecule has 156 valence electrons. The number of phenolic OH excluding ortho intramolecular Hbond substituents is 2. The first-order chi connectivity index (χ1) is 13.7.